The molecule has 0 aromatic heterocycles. The number of nitrogens with zero attached hydrogens (tertiary/aromatic N) is 1. The third-order valence-electron chi connectivity index (χ3n) is 5.23. The highest BCUT2D eigenvalue weighted by Gasteiger charge is 2.29. The first kappa shape index (κ1) is 14.3. The van der Waals surface area contributed by atoms with E-state index in [1.54, 1.807) is 0 Å². The summed E-state index contributed by atoms with van der Waals surface area (Å²) in [6.45, 7) is 10.8. The molecule has 2 heteroatoms. The van der Waals surface area contributed by atoms with Gasteiger partial charge in [0.25, 0.3) is 0 Å². The van der Waals surface area contributed by atoms with Gasteiger partial charge in [-0.25, -0.2) is 0 Å². The molecule has 0 amide bonds. The van der Waals surface area contributed by atoms with Crippen LogP contribution in [-0.2, 0) is 0 Å². The molecule has 106 valence electrons. The van der Waals surface area contributed by atoms with Gasteiger partial charge >= 0.3 is 0 Å². The Kier molecular flexibility index (Phi) is 5.50. The molecule has 0 spiro atoms. The maximum absolute atomic E-state index is 3.60. The Morgan fingerprint density at radius 3 is 2.50 bits per heavy atom. The number of rotatable bonds is 4. The highest BCUT2D eigenvalue weighted by atomic mass is 15.2. The molecular weight excluding hydrogens is 220 g/mol. The van der Waals surface area contributed by atoms with E-state index in [1.165, 1.54) is 51.6 Å². The van der Waals surface area contributed by atoms with Crippen molar-refractivity contribution in [1.29, 1.82) is 0 Å². The molecular formula is C16H32N2. The molecule has 0 aromatic rings. The first-order valence-electron chi connectivity index (χ1n) is 8.18. The minimum absolute atomic E-state index is 0.711. The SMILES string of the molecule is CCNC(C)C1CCN(C2CCCC(C)C2)CC1. The summed E-state index contributed by atoms with van der Waals surface area (Å²) in [5.74, 6) is 1.87. The van der Waals surface area contributed by atoms with Crippen LogP contribution >= 0.6 is 0 Å². The Bertz CT molecular complexity index is 233. The standard InChI is InChI=1S/C16H32N2/c1-4-17-14(3)15-8-10-18(11-9-15)16-7-5-6-13(2)12-16/h13-17H,4-12H2,1-3H3. The molecule has 3 unspecified atom stereocenters. The maximum atomic E-state index is 3.60. The summed E-state index contributed by atoms with van der Waals surface area (Å²) >= 11 is 0. The Hall–Kier alpha value is -0.0800. The second kappa shape index (κ2) is 6.91. The van der Waals surface area contributed by atoms with Crippen LogP contribution in [0.25, 0.3) is 0 Å². The topological polar surface area (TPSA) is 15.3 Å². The molecule has 1 aliphatic carbocycles. The number of likely N-dealkylation sites (tertiary alicyclic amines) is 1. The van der Waals surface area contributed by atoms with Gasteiger partial charge in [-0.15, -0.1) is 0 Å². The minimum Gasteiger partial charge on any atom is -0.314 e. The van der Waals surface area contributed by atoms with Crippen LogP contribution in [0.3, 0.4) is 0 Å². The van der Waals surface area contributed by atoms with Gasteiger partial charge in [-0.1, -0.05) is 26.7 Å². The molecule has 1 N–H and O–H groups in total. The van der Waals surface area contributed by atoms with E-state index < -0.39 is 0 Å². The monoisotopic (exact) mass is 252 g/mol. The molecule has 18 heavy (non-hydrogen) atoms. The van der Waals surface area contributed by atoms with Crippen molar-refractivity contribution in [3.63, 3.8) is 0 Å². The average Bonchev–Trinajstić information content (AvgIpc) is 2.39. The second-order valence-corrected chi connectivity index (χ2v) is 6.65. The van der Waals surface area contributed by atoms with E-state index in [1.807, 2.05) is 0 Å². The van der Waals surface area contributed by atoms with Gasteiger partial charge < -0.3 is 10.2 Å². The van der Waals surface area contributed by atoms with Gasteiger partial charge in [0, 0.05) is 12.1 Å². The van der Waals surface area contributed by atoms with Crippen LogP contribution in [0.1, 0.15) is 59.3 Å². The van der Waals surface area contributed by atoms with Crippen LogP contribution in [0.5, 0.6) is 0 Å². The smallest absolute Gasteiger partial charge is 0.00977 e. The van der Waals surface area contributed by atoms with E-state index in [4.69, 9.17) is 0 Å². The summed E-state index contributed by atoms with van der Waals surface area (Å²) < 4.78 is 0. The van der Waals surface area contributed by atoms with Crippen LogP contribution in [0.15, 0.2) is 0 Å². The fraction of sp³-hybridized carbons (Fsp3) is 1.00. The first-order chi connectivity index (χ1) is 8.70. The van der Waals surface area contributed by atoms with Crippen molar-refractivity contribution in [3.8, 4) is 0 Å². The van der Waals surface area contributed by atoms with Crippen molar-refractivity contribution >= 4 is 0 Å². The van der Waals surface area contributed by atoms with Crippen molar-refractivity contribution in [2.24, 2.45) is 11.8 Å². The molecule has 2 fully saturated rings. The largest absolute Gasteiger partial charge is 0.314 e. The van der Waals surface area contributed by atoms with Crippen molar-refractivity contribution in [1.82, 2.24) is 10.2 Å². The Balaban J connectivity index is 1.75. The Morgan fingerprint density at radius 1 is 1.17 bits per heavy atom. The minimum atomic E-state index is 0.711. The summed E-state index contributed by atoms with van der Waals surface area (Å²) in [5.41, 5.74) is 0. The van der Waals surface area contributed by atoms with Gasteiger partial charge in [0.05, 0.1) is 0 Å². The van der Waals surface area contributed by atoms with Gasteiger partial charge in [-0.2, -0.15) is 0 Å². The predicted molar refractivity (Wildman–Crippen MR) is 78.9 cm³/mol. The van der Waals surface area contributed by atoms with Gasteiger partial charge in [0.2, 0.25) is 0 Å². The molecule has 1 heterocycles. The Labute approximate surface area is 114 Å². The summed E-state index contributed by atoms with van der Waals surface area (Å²) in [5, 5.41) is 3.60. The summed E-state index contributed by atoms with van der Waals surface area (Å²) in [7, 11) is 0. The summed E-state index contributed by atoms with van der Waals surface area (Å²) in [6.07, 6.45) is 8.63. The molecule has 0 bridgehead atoms. The fourth-order valence-electron chi connectivity index (χ4n) is 4.01. The van der Waals surface area contributed by atoms with Crippen molar-refractivity contribution < 1.29 is 0 Å². The molecule has 2 nitrogen and oxygen atoms in total. The van der Waals surface area contributed by atoms with E-state index >= 15 is 0 Å². The zero-order valence-electron chi connectivity index (χ0n) is 12.6. The summed E-state index contributed by atoms with van der Waals surface area (Å²) in [4.78, 5) is 2.80. The third-order valence-corrected chi connectivity index (χ3v) is 5.23. The summed E-state index contributed by atoms with van der Waals surface area (Å²) in [6, 6.07) is 1.62. The van der Waals surface area contributed by atoms with Crippen molar-refractivity contribution in [2.75, 3.05) is 19.6 Å². The van der Waals surface area contributed by atoms with Crippen LogP contribution in [0.4, 0.5) is 0 Å². The number of hydrogen-bond acceptors (Lipinski definition) is 2. The molecule has 2 aliphatic rings. The molecule has 1 aliphatic heterocycles. The van der Waals surface area contributed by atoms with E-state index in [2.05, 4.69) is 31.0 Å². The number of piperidine rings is 1. The lowest BCUT2D eigenvalue weighted by molar-refractivity contribution is 0.0845. The maximum Gasteiger partial charge on any atom is 0.00977 e. The normalized spacial score (nSPS) is 33.5. The van der Waals surface area contributed by atoms with Crippen LogP contribution in [-0.4, -0.2) is 36.6 Å². The lowest BCUT2D eigenvalue weighted by atomic mass is 9.83. The predicted octanol–water partition coefficient (Wildman–Crippen LogP) is 3.28. The number of hydrogen-bond donors (Lipinski definition) is 1. The van der Waals surface area contributed by atoms with E-state index in [0.29, 0.717) is 6.04 Å². The molecule has 2 rings (SSSR count). The molecule has 1 saturated heterocycles. The van der Waals surface area contributed by atoms with Crippen LogP contribution < -0.4 is 5.32 Å². The lowest BCUT2D eigenvalue weighted by Gasteiger charge is -2.42. The third kappa shape index (κ3) is 3.71. The van der Waals surface area contributed by atoms with Crippen LogP contribution in [0, 0.1) is 11.8 Å². The second-order valence-electron chi connectivity index (χ2n) is 6.65. The Morgan fingerprint density at radius 2 is 1.89 bits per heavy atom. The highest BCUT2D eigenvalue weighted by molar-refractivity contribution is 4.85. The van der Waals surface area contributed by atoms with Crippen LogP contribution in [0.2, 0.25) is 0 Å². The molecule has 1 saturated carbocycles. The van der Waals surface area contributed by atoms with E-state index in [-0.39, 0.29) is 0 Å². The van der Waals surface area contributed by atoms with E-state index in [9.17, 15) is 0 Å². The van der Waals surface area contributed by atoms with Gasteiger partial charge in [0.1, 0.15) is 0 Å². The number of nitrogens with one attached hydrogen (secondary N) is 1. The lowest BCUT2D eigenvalue weighted by Crippen LogP contribution is -2.46. The first-order valence-corrected chi connectivity index (χ1v) is 8.18. The molecule has 3 atom stereocenters. The fourth-order valence-corrected chi connectivity index (χ4v) is 4.01. The van der Waals surface area contributed by atoms with E-state index in [0.717, 1.165) is 24.4 Å². The zero-order chi connectivity index (χ0) is 13.0. The average molecular weight is 252 g/mol. The van der Waals surface area contributed by atoms with Gasteiger partial charge in [-0.3, -0.25) is 0 Å². The van der Waals surface area contributed by atoms with Gasteiger partial charge in [0.15, 0.2) is 0 Å². The highest BCUT2D eigenvalue weighted by Crippen LogP contribution is 2.30. The molecule has 0 radical (unpaired) electrons. The van der Waals surface area contributed by atoms with Crippen molar-refractivity contribution in [3.05, 3.63) is 0 Å². The zero-order valence-corrected chi connectivity index (χ0v) is 12.6. The van der Waals surface area contributed by atoms with Crippen molar-refractivity contribution in [2.45, 2.75) is 71.4 Å². The molecule has 0 aromatic carbocycles. The van der Waals surface area contributed by atoms with Gasteiger partial charge in [-0.05, 0) is 64.1 Å². The quantitative estimate of drug-likeness (QED) is 0.826.